The van der Waals surface area contributed by atoms with Crippen LogP contribution in [0.3, 0.4) is 0 Å². The van der Waals surface area contributed by atoms with E-state index in [4.69, 9.17) is 9.47 Å². The van der Waals surface area contributed by atoms with Crippen LogP contribution >= 0.6 is 0 Å². The number of hydrogen-bond acceptors (Lipinski definition) is 5. The lowest BCUT2D eigenvalue weighted by Crippen LogP contribution is -2.35. The van der Waals surface area contributed by atoms with Crippen molar-refractivity contribution in [3.63, 3.8) is 0 Å². The Morgan fingerprint density at radius 3 is 2.41 bits per heavy atom. The molecule has 0 radical (unpaired) electrons. The Morgan fingerprint density at radius 1 is 1.03 bits per heavy atom. The number of carbonyl (C=O) groups excluding carboxylic acids is 1. The number of hydrogen-bond donors (Lipinski definition) is 2. The zero-order valence-electron chi connectivity index (χ0n) is 15.8. The molecular formula is C21H18N4O4. The molecule has 2 atom stereocenters. The summed E-state index contributed by atoms with van der Waals surface area (Å²) in [6.45, 7) is 0. The first kappa shape index (κ1) is 18.4. The van der Waals surface area contributed by atoms with Gasteiger partial charge < -0.3 is 14.8 Å². The maximum Gasteiger partial charge on any atom is 0.277 e. The Labute approximate surface area is 166 Å². The number of ether oxygens (including phenoxy) is 2. The molecule has 4 rings (SSSR count). The molecule has 8 nitrogen and oxygen atoms in total. The van der Waals surface area contributed by atoms with E-state index in [2.05, 4.69) is 10.4 Å². The molecule has 1 aliphatic heterocycles. The number of methoxy groups -OCH3 is 2. The van der Waals surface area contributed by atoms with Gasteiger partial charge in [-0.1, -0.05) is 24.3 Å². The zero-order valence-corrected chi connectivity index (χ0v) is 15.8. The van der Waals surface area contributed by atoms with Crippen LogP contribution in [0.25, 0.3) is 5.69 Å². The predicted octanol–water partition coefficient (Wildman–Crippen LogP) is 2.41. The molecule has 2 N–H and O–H groups in total. The highest BCUT2D eigenvalue weighted by atomic mass is 16.5. The Morgan fingerprint density at radius 2 is 1.76 bits per heavy atom. The van der Waals surface area contributed by atoms with Crippen molar-refractivity contribution in [2.24, 2.45) is 5.92 Å². The highest BCUT2D eigenvalue weighted by Gasteiger charge is 2.41. The smallest absolute Gasteiger partial charge is 0.277 e. The molecule has 3 aromatic rings. The van der Waals surface area contributed by atoms with E-state index in [9.17, 15) is 14.9 Å². The summed E-state index contributed by atoms with van der Waals surface area (Å²) in [7, 11) is 3.02. The number of nitrogens with zero attached hydrogens (tertiary/aromatic N) is 2. The van der Waals surface area contributed by atoms with E-state index < -0.39 is 17.7 Å². The van der Waals surface area contributed by atoms with Crippen LogP contribution < -0.4 is 20.3 Å². The first-order chi connectivity index (χ1) is 14.1. The first-order valence-electron chi connectivity index (χ1n) is 8.91. The number of aromatic nitrogens is 2. The van der Waals surface area contributed by atoms with Gasteiger partial charge in [0.25, 0.3) is 5.56 Å². The van der Waals surface area contributed by atoms with E-state index >= 15 is 0 Å². The molecule has 0 spiro atoms. The third kappa shape index (κ3) is 2.93. The summed E-state index contributed by atoms with van der Waals surface area (Å²) in [5.74, 6) is -1.03. The minimum Gasteiger partial charge on any atom is -0.493 e. The fourth-order valence-corrected chi connectivity index (χ4v) is 3.65. The van der Waals surface area contributed by atoms with Gasteiger partial charge in [0.15, 0.2) is 11.5 Å². The molecule has 0 bridgehead atoms. The van der Waals surface area contributed by atoms with E-state index in [0.29, 0.717) is 28.3 Å². The second-order valence-corrected chi connectivity index (χ2v) is 6.56. The van der Waals surface area contributed by atoms with Crippen LogP contribution in [0.15, 0.2) is 53.3 Å². The summed E-state index contributed by atoms with van der Waals surface area (Å²) < 4.78 is 12.0. The van der Waals surface area contributed by atoms with Gasteiger partial charge in [-0.2, -0.15) is 5.26 Å². The van der Waals surface area contributed by atoms with E-state index in [1.807, 2.05) is 24.3 Å². The number of rotatable bonds is 4. The fraction of sp³-hybridized carbons (Fsp3) is 0.190. The van der Waals surface area contributed by atoms with Gasteiger partial charge in [0.1, 0.15) is 11.7 Å². The number of nitrogens with one attached hydrogen (secondary N) is 2. The minimum atomic E-state index is -1.06. The Bertz CT molecular complexity index is 1170. The van der Waals surface area contributed by atoms with Crippen LogP contribution in [0.4, 0.5) is 5.82 Å². The van der Waals surface area contributed by atoms with Gasteiger partial charge >= 0.3 is 0 Å². The van der Waals surface area contributed by atoms with Gasteiger partial charge in [-0.15, -0.1) is 0 Å². The van der Waals surface area contributed by atoms with Crippen molar-refractivity contribution in [3.8, 4) is 23.3 Å². The van der Waals surface area contributed by atoms with Crippen LogP contribution in [-0.4, -0.2) is 29.9 Å². The Hall–Kier alpha value is -3.99. The molecule has 29 heavy (non-hydrogen) atoms. The number of nitriles is 1. The van der Waals surface area contributed by atoms with Crippen molar-refractivity contribution < 1.29 is 14.3 Å². The van der Waals surface area contributed by atoms with Gasteiger partial charge in [-0.25, -0.2) is 4.68 Å². The molecule has 0 saturated carbocycles. The highest BCUT2D eigenvalue weighted by molar-refractivity contribution is 5.97. The highest BCUT2D eigenvalue weighted by Crippen LogP contribution is 2.41. The van der Waals surface area contributed by atoms with Gasteiger partial charge in [0.05, 0.1) is 31.5 Å². The van der Waals surface area contributed by atoms with Crippen molar-refractivity contribution in [1.29, 1.82) is 5.26 Å². The molecule has 2 heterocycles. The van der Waals surface area contributed by atoms with Crippen molar-refractivity contribution in [2.75, 3.05) is 19.5 Å². The average Bonchev–Trinajstić information content (AvgIpc) is 3.08. The normalized spacial score (nSPS) is 17.8. The summed E-state index contributed by atoms with van der Waals surface area (Å²) in [6.07, 6.45) is 0. The lowest BCUT2D eigenvalue weighted by molar-refractivity contribution is -0.119. The van der Waals surface area contributed by atoms with Gasteiger partial charge in [-0.3, -0.25) is 14.7 Å². The Balaban J connectivity index is 1.93. The van der Waals surface area contributed by atoms with Crippen LogP contribution in [0.5, 0.6) is 11.5 Å². The number of amides is 1. The Kier molecular flexibility index (Phi) is 4.56. The van der Waals surface area contributed by atoms with Crippen LogP contribution in [0.2, 0.25) is 0 Å². The summed E-state index contributed by atoms with van der Waals surface area (Å²) >= 11 is 0. The standard InChI is InChI=1S/C21H18N4O4/c1-28-15-9-8-12(10-16(15)29-2)17-14(11-22)20(26)23-19-18(17)21(27)25(24-19)13-6-4-3-5-7-13/h3-10,14,17,24H,1-2H3,(H,23,26)/t14-,17+/m0/s1. The van der Waals surface area contributed by atoms with E-state index in [-0.39, 0.29) is 11.4 Å². The van der Waals surface area contributed by atoms with Crippen LogP contribution in [0.1, 0.15) is 17.0 Å². The summed E-state index contributed by atoms with van der Waals surface area (Å²) in [4.78, 5) is 25.8. The van der Waals surface area contributed by atoms with Crippen molar-refractivity contribution in [1.82, 2.24) is 9.78 Å². The maximum atomic E-state index is 13.3. The molecule has 0 aliphatic carbocycles. The third-order valence-corrected chi connectivity index (χ3v) is 5.02. The van der Waals surface area contributed by atoms with Crippen LogP contribution in [-0.2, 0) is 4.79 Å². The summed E-state index contributed by atoms with van der Waals surface area (Å²) in [5, 5.41) is 15.3. The number of H-pyrrole nitrogens is 1. The molecule has 1 aromatic heterocycles. The molecule has 0 fully saturated rings. The van der Waals surface area contributed by atoms with Gasteiger partial charge in [0, 0.05) is 5.92 Å². The van der Waals surface area contributed by atoms with Crippen molar-refractivity contribution in [2.45, 2.75) is 5.92 Å². The number of anilines is 1. The topological polar surface area (TPSA) is 109 Å². The second-order valence-electron chi connectivity index (χ2n) is 6.56. The molecule has 2 aromatic carbocycles. The second kappa shape index (κ2) is 7.20. The average molecular weight is 390 g/mol. The predicted molar refractivity (Wildman–Crippen MR) is 106 cm³/mol. The van der Waals surface area contributed by atoms with Gasteiger partial charge in [-0.05, 0) is 29.8 Å². The molecule has 0 unspecified atom stereocenters. The number of aromatic amines is 1. The number of carbonyl (C=O) groups is 1. The SMILES string of the molecule is COc1ccc([C@H]2c3c([nH]n(-c4ccccc4)c3=O)NC(=O)[C@H]2C#N)cc1OC. The van der Waals surface area contributed by atoms with Crippen molar-refractivity contribution >= 4 is 11.7 Å². The van der Waals surface area contributed by atoms with Crippen LogP contribution in [0, 0.1) is 17.2 Å². The number of fused-ring (bicyclic) bond motifs is 1. The quantitative estimate of drug-likeness (QED) is 0.711. The monoisotopic (exact) mass is 390 g/mol. The van der Waals surface area contributed by atoms with E-state index in [1.54, 1.807) is 30.3 Å². The van der Waals surface area contributed by atoms with Crippen molar-refractivity contribution in [3.05, 3.63) is 70.0 Å². The maximum absolute atomic E-state index is 13.3. The molecule has 1 aliphatic rings. The molecule has 8 heteroatoms. The summed E-state index contributed by atoms with van der Waals surface area (Å²) in [6, 6.07) is 16.2. The number of benzene rings is 2. The zero-order chi connectivity index (χ0) is 20.5. The third-order valence-electron chi connectivity index (χ3n) is 5.02. The van der Waals surface area contributed by atoms with E-state index in [0.717, 1.165) is 0 Å². The number of para-hydroxylation sites is 1. The lowest BCUT2D eigenvalue weighted by atomic mass is 9.79. The van der Waals surface area contributed by atoms with Gasteiger partial charge in [0.2, 0.25) is 5.91 Å². The fourth-order valence-electron chi connectivity index (χ4n) is 3.65. The molecule has 0 saturated heterocycles. The molecular weight excluding hydrogens is 372 g/mol. The lowest BCUT2D eigenvalue weighted by Gasteiger charge is -2.26. The molecule has 146 valence electrons. The minimum absolute atomic E-state index is 0.287. The first-order valence-corrected chi connectivity index (χ1v) is 8.91. The molecule has 1 amide bonds. The largest absolute Gasteiger partial charge is 0.493 e. The summed E-state index contributed by atoms with van der Waals surface area (Å²) in [5.41, 5.74) is 1.24. The van der Waals surface area contributed by atoms with E-state index in [1.165, 1.54) is 18.9 Å².